The molecule has 0 aliphatic carbocycles. The first kappa shape index (κ1) is 15.3. The quantitative estimate of drug-likeness (QED) is 0.872. The maximum atomic E-state index is 12.2. The maximum absolute atomic E-state index is 12.2. The lowest BCUT2D eigenvalue weighted by molar-refractivity contribution is 0.0947. The van der Waals surface area contributed by atoms with Gasteiger partial charge >= 0.3 is 6.01 Å². The highest BCUT2D eigenvalue weighted by molar-refractivity contribution is 5.94. The Morgan fingerprint density at radius 1 is 1.52 bits per heavy atom. The average Bonchev–Trinajstić information content (AvgIpc) is 2.98. The van der Waals surface area contributed by atoms with E-state index >= 15 is 0 Å². The van der Waals surface area contributed by atoms with Crippen molar-refractivity contribution < 1.29 is 9.21 Å². The highest BCUT2D eigenvalue weighted by Crippen LogP contribution is 2.21. The van der Waals surface area contributed by atoms with Gasteiger partial charge in [0.1, 0.15) is 5.82 Å². The van der Waals surface area contributed by atoms with E-state index < -0.39 is 0 Å². The molecule has 2 aromatic heterocycles. The molecule has 8 heteroatoms. The SMILES string of the molecule is CC1CCCN(c2cc(C(=O)NCc3nnc(N)o3)ccn2)C1. The van der Waals surface area contributed by atoms with E-state index in [2.05, 4.69) is 32.3 Å². The molecule has 0 spiro atoms. The summed E-state index contributed by atoms with van der Waals surface area (Å²) in [6.07, 6.45) is 4.05. The molecule has 0 aromatic carbocycles. The van der Waals surface area contributed by atoms with Crippen LogP contribution in [-0.2, 0) is 6.54 Å². The van der Waals surface area contributed by atoms with Gasteiger partial charge in [0.15, 0.2) is 0 Å². The summed E-state index contributed by atoms with van der Waals surface area (Å²) in [6.45, 7) is 4.32. The number of carbonyl (C=O) groups excluding carboxylic acids is 1. The minimum absolute atomic E-state index is 0.0142. The summed E-state index contributed by atoms with van der Waals surface area (Å²) in [5.41, 5.74) is 5.90. The van der Waals surface area contributed by atoms with Crippen LogP contribution in [0.5, 0.6) is 0 Å². The van der Waals surface area contributed by atoms with Gasteiger partial charge in [-0.3, -0.25) is 4.79 Å². The molecule has 3 rings (SSSR count). The van der Waals surface area contributed by atoms with Gasteiger partial charge in [0.25, 0.3) is 5.91 Å². The second-order valence-corrected chi connectivity index (χ2v) is 5.81. The number of hydrogen-bond donors (Lipinski definition) is 2. The highest BCUT2D eigenvalue weighted by Gasteiger charge is 2.18. The summed E-state index contributed by atoms with van der Waals surface area (Å²) >= 11 is 0. The largest absolute Gasteiger partial charge is 0.406 e. The molecule has 1 amide bonds. The molecule has 3 heterocycles. The summed E-state index contributed by atoms with van der Waals surface area (Å²) in [5.74, 6) is 1.54. The molecule has 1 aliphatic heterocycles. The van der Waals surface area contributed by atoms with E-state index in [1.54, 1.807) is 12.3 Å². The van der Waals surface area contributed by atoms with Crippen LogP contribution in [0.15, 0.2) is 22.7 Å². The Labute approximate surface area is 134 Å². The lowest BCUT2D eigenvalue weighted by Crippen LogP contribution is -2.35. The third-order valence-electron chi connectivity index (χ3n) is 3.87. The Morgan fingerprint density at radius 2 is 2.39 bits per heavy atom. The van der Waals surface area contributed by atoms with Crippen LogP contribution in [0.2, 0.25) is 0 Å². The molecule has 1 fully saturated rings. The third kappa shape index (κ3) is 3.77. The van der Waals surface area contributed by atoms with E-state index in [4.69, 9.17) is 10.2 Å². The number of amides is 1. The van der Waals surface area contributed by atoms with E-state index in [0.717, 1.165) is 25.3 Å². The fourth-order valence-electron chi connectivity index (χ4n) is 2.73. The summed E-state index contributed by atoms with van der Waals surface area (Å²) in [4.78, 5) is 18.9. The molecule has 0 saturated carbocycles. The van der Waals surface area contributed by atoms with Gasteiger partial charge in [0.05, 0.1) is 6.54 Å². The van der Waals surface area contributed by atoms with E-state index in [1.165, 1.54) is 6.42 Å². The fraction of sp³-hybridized carbons (Fsp3) is 0.467. The lowest BCUT2D eigenvalue weighted by Gasteiger charge is -2.31. The standard InChI is InChI=1S/C15H20N6O2/c1-10-3-2-6-21(9-10)12-7-11(4-5-17-12)14(22)18-8-13-19-20-15(16)23-13/h4-5,7,10H,2-3,6,8-9H2,1H3,(H2,16,20)(H,18,22). The molecular formula is C15H20N6O2. The summed E-state index contributed by atoms with van der Waals surface area (Å²) in [5, 5.41) is 9.98. The molecule has 0 radical (unpaired) electrons. The van der Waals surface area contributed by atoms with Crippen LogP contribution in [0.25, 0.3) is 0 Å². The van der Waals surface area contributed by atoms with Gasteiger partial charge in [-0.05, 0) is 30.9 Å². The number of anilines is 2. The van der Waals surface area contributed by atoms with Gasteiger partial charge in [-0.1, -0.05) is 12.0 Å². The number of pyridine rings is 1. The minimum atomic E-state index is -0.213. The van der Waals surface area contributed by atoms with Crippen molar-refractivity contribution in [3.8, 4) is 0 Å². The average molecular weight is 316 g/mol. The lowest BCUT2D eigenvalue weighted by atomic mass is 10.0. The van der Waals surface area contributed by atoms with Gasteiger partial charge in [-0.2, -0.15) is 0 Å². The van der Waals surface area contributed by atoms with Crippen LogP contribution in [0.3, 0.4) is 0 Å². The van der Waals surface area contributed by atoms with Crippen molar-refractivity contribution in [2.24, 2.45) is 5.92 Å². The van der Waals surface area contributed by atoms with Crippen molar-refractivity contribution in [3.05, 3.63) is 29.8 Å². The van der Waals surface area contributed by atoms with Crippen LogP contribution >= 0.6 is 0 Å². The minimum Gasteiger partial charge on any atom is -0.406 e. The zero-order valence-electron chi connectivity index (χ0n) is 13.0. The zero-order chi connectivity index (χ0) is 16.2. The summed E-state index contributed by atoms with van der Waals surface area (Å²) in [6, 6.07) is 3.49. The molecule has 122 valence electrons. The van der Waals surface area contributed by atoms with E-state index in [-0.39, 0.29) is 24.4 Å². The van der Waals surface area contributed by atoms with Gasteiger partial charge in [0.2, 0.25) is 5.89 Å². The Bertz CT molecular complexity index is 686. The van der Waals surface area contributed by atoms with E-state index in [0.29, 0.717) is 11.5 Å². The first-order chi connectivity index (χ1) is 11.1. The van der Waals surface area contributed by atoms with Gasteiger partial charge in [0, 0.05) is 24.8 Å². The predicted octanol–water partition coefficient (Wildman–Crippen LogP) is 1.21. The third-order valence-corrected chi connectivity index (χ3v) is 3.87. The second kappa shape index (κ2) is 6.64. The number of nitrogens with one attached hydrogen (secondary N) is 1. The number of nitrogens with two attached hydrogens (primary N) is 1. The highest BCUT2D eigenvalue weighted by atomic mass is 16.4. The molecule has 1 saturated heterocycles. The van der Waals surface area contributed by atoms with Crippen molar-refractivity contribution in [3.63, 3.8) is 0 Å². The Balaban J connectivity index is 1.65. The maximum Gasteiger partial charge on any atom is 0.312 e. The van der Waals surface area contributed by atoms with Crippen molar-refractivity contribution in [2.75, 3.05) is 23.7 Å². The van der Waals surface area contributed by atoms with E-state index in [1.807, 2.05) is 6.07 Å². The number of aromatic nitrogens is 3. The number of nitrogens with zero attached hydrogens (tertiary/aromatic N) is 4. The van der Waals surface area contributed by atoms with Crippen LogP contribution in [0.4, 0.5) is 11.8 Å². The molecule has 1 atom stereocenters. The van der Waals surface area contributed by atoms with Gasteiger partial charge in [-0.15, -0.1) is 5.10 Å². The fourth-order valence-corrected chi connectivity index (χ4v) is 2.73. The van der Waals surface area contributed by atoms with Crippen molar-refractivity contribution in [2.45, 2.75) is 26.3 Å². The Hall–Kier alpha value is -2.64. The van der Waals surface area contributed by atoms with Crippen LogP contribution in [-0.4, -0.2) is 34.2 Å². The number of carbonyl (C=O) groups is 1. The number of nitrogen functional groups attached to an aromatic ring is 1. The predicted molar refractivity (Wildman–Crippen MR) is 84.7 cm³/mol. The number of hydrogen-bond acceptors (Lipinski definition) is 7. The molecule has 0 bridgehead atoms. The number of piperidine rings is 1. The molecule has 8 nitrogen and oxygen atoms in total. The van der Waals surface area contributed by atoms with Crippen LogP contribution < -0.4 is 16.0 Å². The Kier molecular flexibility index (Phi) is 4.40. The molecule has 3 N–H and O–H groups in total. The Morgan fingerprint density at radius 3 is 3.13 bits per heavy atom. The summed E-state index contributed by atoms with van der Waals surface area (Å²) < 4.78 is 5.02. The summed E-state index contributed by atoms with van der Waals surface area (Å²) in [7, 11) is 0. The van der Waals surface area contributed by atoms with Crippen LogP contribution in [0, 0.1) is 5.92 Å². The zero-order valence-corrected chi connectivity index (χ0v) is 13.0. The van der Waals surface area contributed by atoms with E-state index in [9.17, 15) is 4.79 Å². The van der Waals surface area contributed by atoms with Crippen molar-refractivity contribution in [1.29, 1.82) is 0 Å². The molecule has 23 heavy (non-hydrogen) atoms. The molecule has 1 unspecified atom stereocenters. The molecule has 2 aromatic rings. The van der Waals surface area contributed by atoms with Crippen molar-refractivity contribution >= 4 is 17.7 Å². The van der Waals surface area contributed by atoms with Crippen molar-refractivity contribution in [1.82, 2.24) is 20.5 Å². The van der Waals surface area contributed by atoms with Gasteiger partial charge in [-0.25, -0.2) is 4.98 Å². The topological polar surface area (TPSA) is 110 Å². The smallest absolute Gasteiger partial charge is 0.312 e. The van der Waals surface area contributed by atoms with Crippen LogP contribution in [0.1, 0.15) is 36.0 Å². The normalized spacial score (nSPS) is 18.0. The first-order valence-corrected chi connectivity index (χ1v) is 7.69. The second-order valence-electron chi connectivity index (χ2n) is 5.81. The molecule has 1 aliphatic rings. The monoisotopic (exact) mass is 316 g/mol. The first-order valence-electron chi connectivity index (χ1n) is 7.69. The number of rotatable bonds is 4. The molecular weight excluding hydrogens is 296 g/mol. The van der Waals surface area contributed by atoms with Gasteiger partial charge < -0.3 is 20.4 Å².